The number of nitrogens with zero attached hydrogens (tertiary/aromatic N) is 5. The average molecular weight is 441 g/mol. The van der Waals surface area contributed by atoms with Crippen molar-refractivity contribution < 1.29 is 18.0 Å². The average Bonchev–Trinajstić information content (AvgIpc) is 3.05. The van der Waals surface area contributed by atoms with E-state index >= 15 is 0 Å². The summed E-state index contributed by atoms with van der Waals surface area (Å²) in [6.45, 7) is 5.82. The molecule has 0 fully saturated rings. The summed E-state index contributed by atoms with van der Waals surface area (Å²) in [7, 11) is 1.65. The van der Waals surface area contributed by atoms with E-state index in [1.165, 1.54) is 6.07 Å². The molecule has 0 aliphatic carbocycles. The van der Waals surface area contributed by atoms with Crippen LogP contribution in [0.15, 0.2) is 30.3 Å². The Morgan fingerprint density at radius 2 is 1.87 bits per heavy atom. The molecule has 30 heavy (non-hydrogen) atoms. The van der Waals surface area contributed by atoms with Crippen LogP contribution in [0.2, 0.25) is 5.02 Å². The van der Waals surface area contributed by atoms with Gasteiger partial charge in [0.1, 0.15) is 5.82 Å². The Morgan fingerprint density at radius 3 is 2.50 bits per heavy atom. The van der Waals surface area contributed by atoms with E-state index in [1.54, 1.807) is 28.6 Å². The van der Waals surface area contributed by atoms with Crippen LogP contribution in [-0.2, 0) is 16.4 Å². The second kappa shape index (κ2) is 7.75. The normalized spacial score (nSPS) is 12.3. The highest BCUT2D eigenvalue weighted by molar-refractivity contribution is 6.31. The highest BCUT2D eigenvalue weighted by Gasteiger charge is 2.33. The Morgan fingerprint density at radius 1 is 1.17 bits per heavy atom. The van der Waals surface area contributed by atoms with Crippen LogP contribution < -0.4 is 10.2 Å². The fourth-order valence-corrected chi connectivity index (χ4v) is 2.99. The Hall–Kier alpha value is -2.88. The van der Waals surface area contributed by atoms with Crippen molar-refractivity contribution in [3.8, 4) is 0 Å². The van der Waals surface area contributed by atoms with E-state index in [0.29, 0.717) is 17.3 Å². The van der Waals surface area contributed by atoms with Gasteiger partial charge in [-0.05, 0) is 30.3 Å². The molecule has 0 saturated heterocycles. The number of nitrogens with one attached hydrogen (secondary N) is 1. The topological polar surface area (TPSA) is 75.4 Å². The number of fused-ring (bicyclic) bond motifs is 1. The molecule has 3 aromatic rings. The smallest absolute Gasteiger partial charge is 0.349 e. The molecular weight excluding hydrogens is 421 g/mol. The molecule has 1 amide bonds. The van der Waals surface area contributed by atoms with Crippen LogP contribution in [-0.4, -0.2) is 39.3 Å². The fraction of sp³-hybridized carbons (Fsp3) is 0.368. The molecule has 0 spiro atoms. The number of likely N-dealkylation sites (N-methyl/N-ethyl adjacent to an activating group) is 1. The first kappa shape index (κ1) is 21.8. The molecule has 0 aliphatic rings. The first-order valence-corrected chi connectivity index (χ1v) is 9.35. The minimum atomic E-state index is -4.61. The lowest BCUT2D eigenvalue weighted by Gasteiger charge is -2.19. The molecule has 0 unspecified atom stereocenters. The molecule has 1 aromatic carbocycles. The maximum absolute atomic E-state index is 13.0. The predicted octanol–water partition coefficient (Wildman–Crippen LogP) is 4.17. The van der Waals surface area contributed by atoms with Gasteiger partial charge in [0.05, 0.1) is 17.1 Å². The quantitative estimate of drug-likeness (QED) is 0.659. The Kier molecular flexibility index (Phi) is 5.64. The van der Waals surface area contributed by atoms with E-state index in [2.05, 4.69) is 20.6 Å². The van der Waals surface area contributed by atoms with Crippen molar-refractivity contribution in [1.82, 2.24) is 19.8 Å². The molecular formula is C19H20ClF3N6O. The SMILES string of the molecule is CN(CC(=O)Nc1ccc(Cl)c(C(F)(F)F)c1)c1ccc2nnc(C(C)(C)C)n2n1. The van der Waals surface area contributed by atoms with Gasteiger partial charge in [0.2, 0.25) is 5.91 Å². The number of halogens is 4. The second-order valence-electron chi connectivity index (χ2n) is 7.83. The highest BCUT2D eigenvalue weighted by Crippen LogP contribution is 2.36. The van der Waals surface area contributed by atoms with Crippen molar-refractivity contribution in [3.05, 3.63) is 46.7 Å². The monoisotopic (exact) mass is 440 g/mol. The van der Waals surface area contributed by atoms with Crippen molar-refractivity contribution in [1.29, 1.82) is 0 Å². The number of carbonyl (C=O) groups excluding carboxylic acids is 1. The van der Waals surface area contributed by atoms with Gasteiger partial charge in [0.15, 0.2) is 11.5 Å². The number of carbonyl (C=O) groups is 1. The summed E-state index contributed by atoms with van der Waals surface area (Å²) in [6.07, 6.45) is -4.61. The number of hydrogen-bond acceptors (Lipinski definition) is 5. The van der Waals surface area contributed by atoms with Crippen LogP contribution >= 0.6 is 11.6 Å². The van der Waals surface area contributed by atoms with Crippen LogP contribution in [0.25, 0.3) is 5.65 Å². The molecule has 0 radical (unpaired) electrons. The minimum absolute atomic E-state index is 0.00219. The van der Waals surface area contributed by atoms with Gasteiger partial charge in [0, 0.05) is 18.2 Å². The summed E-state index contributed by atoms with van der Waals surface area (Å²) in [6, 6.07) is 6.63. The van der Waals surface area contributed by atoms with Crippen LogP contribution in [0.1, 0.15) is 32.2 Å². The number of alkyl halides is 3. The van der Waals surface area contributed by atoms with Gasteiger partial charge in [-0.15, -0.1) is 15.3 Å². The van der Waals surface area contributed by atoms with Gasteiger partial charge in [-0.25, -0.2) is 0 Å². The summed E-state index contributed by atoms with van der Waals surface area (Å²) in [5.74, 6) is 0.641. The summed E-state index contributed by atoms with van der Waals surface area (Å²) >= 11 is 5.60. The Labute approximate surface area is 175 Å². The van der Waals surface area contributed by atoms with Crippen LogP contribution in [0.5, 0.6) is 0 Å². The summed E-state index contributed by atoms with van der Waals surface area (Å²) in [4.78, 5) is 13.9. The molecule has 11 heteroatoms. The lowest BCUT2D eigenvalue weighted by molar-refractivity contribution is -0.137. The third kappa shape index (κ3) is 4.64. The van der Waals surface area contributed by atoms with E-state index in [0.717, 1.165) is 12.1 Å². The fourth-order valence-electron chi connectivity index (χ4n) is 2.77. The molecule has 0 bridgehead atoms. The number of anilines is 2. The van der Waals surface area contributed by atoms with Crippen molar-refractivity contribution >= 4 is 34.7 Å². The lowest BCUT2D eigenvalue weighted by Crippen LogP contribution is -2.31. The zero-order valence-electron chi connectivity index (χ0n) is 16.8. The predicted molar refractivity (Wildman–Crippen MR) is 108 cm³/mol. The number of aromatic nitrogens is 4. The van der Waals surface area contributed by atoms with Crippen molar-refractivity contribution in [2.24, 2.45) is 0 Å². The second-order valence-corrected chi connectivity index (χ2v) is 8.24. The molecule has 7 nitrogen and oxygen atoms in total. The van der Waals surface area contributed by atoms with Gasteiger partial charge in [-0.3, -0.25) is 4.79 Å². The van der Waals surface area contributed by atoms with Gasteiger partial charge in [-0.1, -0.05) is 32.4 Å². The molecule has 1 N–H and O–H groups in total. The van der Waals surface area contributed by atoms with Crippen molar-refractivity contribution in [2.75, 3.05) is 23.8 Å². The molecule has 3 rings (SSSR count). The lowest BCUT2D eigenvalue weighted by atomic mass is 9.96. The largest absolute Gasteiger partial charge is 0.417 e. The first-order valence-electron chi connectivity index (χ1n) is 8.97. The third-order valence-electron chi connectivity index (χ3n) is 4.25. The van der Waals surface area contributed by atoms with Crippen molar-refractivity contribution in [2.45, 2.75) is 32.4 Å². The molecule has 2 aromatic heterocycles. The molecule has 0 aliphatic heterocycles. The van der Waals surface area contributed by atoms with Crippen molar-refractivity contribution in [3.63, 3.8) is 0 Å². The van der Waals surface area contributed by atoms with Gasteiger partial charge < -0.3 is 10.2 Å². The number of hydrogen-bond donors (Lipinski definition) is 1. The number of benzene rings is 1. The molecule has 160 valence electrons. The zero-order valence-corrected chi connectivity index (χ0v) is 17.5. The highest BCUT2D eigenvalue weighted by atomic mass is 35.5. The standard InChI is InChI=1S/C19H20ClF3N6O/c1-18(2,3)17-26-25-14-7-8-15(27-29(14)17)28(4)10-16(30)24-11-5-6-13(20)12(9-11)19(21,22)23/h5-9H,10H2,1-4H3,(H,24,30). The Bertz CT molecular complexity index is 1090. The van der Waals surface area contributed by atoms with E-state index < -0.39 is 22.7 Å². The Balaban J connectivity index is 1.76. The van der Waals surface area contributed by atoms with Crippen LogP contribution in [0.3, 0.4) is 0 Å². The van der Waals surface area contributed by atoms with E-state index in [9.17, 15) is 18.0 Å². The summed E-state index contributed by atoms with van der Waals surface area (Å²) in [5, 5.41) is 14.8. The van der Waals surface area contributed by atoms with Gasteiger partial charge >= 0.3 is 6.18 Å². The van der Waals surface area contributed by atoms with Crippen LogP contribution in [0, 0.1) is 0 Å². The summed E-state index contributed by atoms with van der Waals surface area (Å²) in [5.41, 5.74) is -0.722. The van der Waals surface area contributed by atoms with E-state index in [1.807, 2.05) is 20.8 Å². The third-order valence-corrected chi connectivity index (χ3v) is 4.58. The zero-order chi connectivity index (χ0) is 22.3. The van der Waals surface area contributed by atoms with Gasteiger partial charge in [-0.2, -0.15) is 17.7 Å². The number of amides is 1. The van der Waals surface area contributed by atoms with Crippen LogP contribution in [0.4, 0.5) is 24.7 Å². The number of rotatable bonds is 4. The minimum Gasteiger partial charge on any atom is -0.349 e. The van der Waals surface area contributed by atoms with E-state index in [-0.39, 0.29) is 17.6 Å². The van der Waals surface area contributed by atoms with E-state index in [4.69, 9.17) is 11.6 Å². The maximum Gasteiger partial charge on any atom is 0.417 e. The maximum atomic E-state index is 13.0. The van der Waals surface area contributed by atoms with Gasteiger partial charge in [0.25, 0.3) is 0 Å². The molecule has 2 heterocycles. The molecule has 0 saturated carbocycles. The summed E-state index contributed by atoms with van der Waals surface area (Å²) < 4.78 is 40.6. The molecule has 0 atom stereocenters. The first-order chi connectivity index (χ1) is 13.9.